The fourth-order valence-electron chi connectivity index (χ4n) is 2.90. The molecule has 1 aromatic rings. The third kappa shape index (κ3) is 3.48. The van der Waals surface area contributed by atoms with Crippen LogP contribution in [-0.4, -0.2) is 39.6 Å². The van der Waals surface area contributed by atoms with Gasteiger partial charge in [0.2, 0.25) is 0 Å². The van der Waals surface area contributed by atoms with Crippen molar-refractivity contribution in [1.29, 1.82) is 0 Å². The van der Waals surface area contributed by atoms with Gasteiger partial charge in [-0.1, -0.05) is 13.8 Å². The van der Waals surface area contributed by atoms with Crippen molar-refractivity contribution in [1.82, 2.24) is 0 Å². The molecule has 4 heteroatoms. The lowest BCUT2D eigenvalue weighted by molar-refractivity contribution is -0.133. The second kappa shape index (κ2) is 6.70. The Bertz CT molecular complexity index is 521. The molecule has 23 heavy (non-hydrogen) atoms. The summed E-state index contributed by atoms with van der Waals surface area (Å²) >= 11 is 0. The highest BCUT2D eigenvalue weighted by Gasteiger charge is 2.38. The maximum absolute atomic E-state index is 6.03. The lowest BCUT2D eigenvalue weighted by Gasteiger charge is -2.40. The summed E-state index contributed by atoms with van der Waals surface area (Å²) in [6.45, 7) is 11.1. The molecule has 0 bridgehead atoms. The molecular formula is C19H28O4. The zero-order chi connectivity index (χ0) is 16.3. The molecule has 0 aliphatic carbocycles. The molecule has 0 unspecified atom stereocenters. The molecule has 2 aliphatic heterocycles. The van der Waals surface area contributed by atoms with E-state index in [4.69, 9.17) is 18.9 Å². The minimum Gasteiger partial charge on any atom is -0.493 e. The summed E-state index contributed by atoms with van der Waals surface area (Å²) in [6.07, 6.45) is 2.18. The van der Waals surface area contributed by atoms with Gasteiger partial charge in [0.05, 0.1) is 50.5 Å². The van der Waals surface area contributed by atoms with Crippen molar-refractivity contribution in [3.05, 3.63) is 23.8 Å². The van der Waals surface area contributed by atoms with Crippen molar-refractivity contribution in [2.24, 2.45) is 10.8 Å². The SMILES string of the molecule is CCC1(COc2ccc(OCC3(CC)COC3)c(C)c2)COC1. The average molecular weight is 320 g/mol. The van der Waals surface area contributed by atoms with Crippen LogP contribution in [0.2, 0.25) is 0 Å². The molecule has 0 radical (unpaired) electrons. The van der Waals surface area contributed by atoms with Gasteiger partial charge in [0.1, 0.15) is 11.5 Å². The Morgan fingerprint density at radius 3 is 1.91 bits per heavy atom. The first-order valence-electron chi connectivity index (χ1n) is 8.62. The highest BCUT2D eigenvalue weighted by Crippen LogP contribution is 2.34. The summed E-state index contributed by atoms with van der Waals surface area (Å²) < 4.78 is 22.7. The van der Waals surface area contributed by atoms with E-state index in [0.717, 1.165) is 69.5 Å². The number of ether oxygens (including phenoxy) is 4. The smallest absolute Gasteiger partial charge is 0.122 e. The molecule has 0 amide bonds. The molecule has 2 aliphatic rings. The number of hydrogen-bond acceptors (Lipinski definition) is 4. The molecule has 2 heterocycles. The normalized spacial score (nSPS) is 21.2. The highest BCUT2D eigenvalue weighted by atomic mass is 16.5. The molecule has 2 saturated heterocycles. The van der Waals surface area contributed by atoms with Crippen LogP contribution < -0.4 is 9.47 Å². The number of aryl methyl sites for hydroxylation is 1. The lowest BCUT2D eigenvalue weighted by atomic mass is 9.84. The Labute approximate surface area is 139 Å². The Morgan fingerprint density at radius 1 is 0.913 bits per heavy atom. The quantitative estimate of drug-likeness (QED) is 0.733. The van der Waals surface area contributed by atoms with Crippen LogP contribution in [-0.2, 0) is 9.47 Å². The van der Waals surface area contributed by atoms with Crippen LogP contribution in [0.25, 0.3) is 0 Å². The van der Waals surface area contributed by atoms with E-state index in [1.165, 1.54) is 0 Å². The first-order chi connectivity index (χ1) is 11.1. The predicted molar refractivity (Wildman–Crippen MR) is 89.3 cm³/mol. The molecule has 0 aromatic heterocycles. The van der Waals surface area contributed by atoms with E-state index in [2.05, 4.69) is 26.8 Å². The number of hydrogen-bond donors (Lipinski definition) is 0. The van der Waals surface area contributed by atoms with Crippen molar-refractivity contribution in [3.63, 3.8) is 0 Å². The fraction of sp³-hybridized carbons (Fsp3) is 0.684. The standard InChI is InChI=1S/C19H28O4/c1-4-18(9-20-10-18)13-22-16-6-7-17(15(3)8-16)23-14-19(5-2)11-21-12-19/h6-8H,4-5,9-14H2,1-3H3. The Hall–Kier alpha value is -1.26. The van der Waals surface area contributed by atoms with Crippen LogP contribution in [0.4, 0.5) is 0 Å². The van der Waals surface area contributed by atoms with Gasteiger partial charge in [-0.3, -0.25) is 0 Å². The van der Waals surface area contributed by atoms with Crippen LogP contribution in [0.3, 0.4) is 0 Å². The van der Waals surface area contributed by atoms with E-state index in [0.29, 0.717) is 0 Å². The summed E-state index contributed by atoms with van der Waals surface area (Å²) in [5.74, 6) is 1.85. The van der Waals surface area contributed by atoms with Crippen molar-refractivity contribution in [3.8, 4) is 11.5 Å². The monoisotopic (exact) mass is 320 g/mol. The number of benzene rings is 1. The minimum absolute atomic E-state index is 0.208. The molecule has 128 valence electrons. The second-order valence-electron chi connectivity index (χ2n) is 7.20. The van der Waals surface area contributed by atoms with Crippen LogP contribution in [0, 0.1) is 17.8 Å². The summed E-state index contributed by atoms with van der Waals surface area (Å²) in [5, 5.41) is 0. The van der Waals surface area contributed by atoms with Crippen LogP contribution >= 0.6 is 0 Å². The third-order valence-electron chi connectivity index (χ3n) is 5.36. The van der Waals surface area contributed by atoms with Gasteiger partial charge in [-0.05, 0) is 43.5 Å². The minimum atomic E-state index is 0.208. The number of rotatable bonds is 8. The van der Waals surface area contributed by atoms with Crippen LogP contribution in [0.5, 0.6) is 11.5 Å². The maximum Gasteiger partial charge on any atom is 0.122 e. The van der Waals surface area contributed by atoms with Gasteiger partial charge < -0.3 is 18.9 Å². The average Bonchev–Trinajstić information content (AvgIpc) is 2.47. The third-order valence-corrected chi connectivity index (χ3v) is 5.36. The summed E-state index contributed by atoms with van der Waals surface area (Å²) in [4.78, 5) is 0. The van der Waals surface area contributed by atoms with Crippen molar-refractivity contribution >= 4 is 0 Å². The first-order valence-corrected chi connectivity index (χ1v) is 8.62. The Morgan fingerprint density at radius 2 is 1.48 bits per heavy atom. The maximum atomic E-state index is 6.03. The van der Waals surface area contributed by atoms with Gasteiger partial charge >= 0.3 is 0 Å². The molecule has 1 aromatic carbocycles. The first kappa shape index (κ1) is 16.6. The van der Waals surface area contributed by atoms with Gasteiger partial charge in [-0.2, -0.15) is 0 Å². The molecule has 4 nitrogen and oxygen atoms in total. The summed E-state index contributed by atoms with van der Waals surface area (Å²) in [6, 6.07) is 6.08. The molecule has 0 spiro atoms. The largest absolute Gasteiger partial charge is 0.493 e. The molecular weight excluding hydrogens is 292 g/mol. The van der Waals surface area contributed by atoms with Gasteiger partial charge in [-0.25, -0.2) is 0 Å². The lowest BCUT2D eigenvalue weighted by Crippen LogP contribution is -2.46. The fourth-order valence-corrected chi connectivity index (χ4v) is 2.90. The molecule has 0 atom stereocenters. The van der Waals surface area contributed by atoms with E-state index in [-0.39, 0.29) is 10.8 Å². The van der Waals surface area contributed by atoms with Crippen LogP contribution in [0.1, 0.15) is 32.3 Å². The van der Waals surface area contributed by atoms with Crippen molar-refractivity contribution in [2.75, 3.05) is 39.6 Å². The summed E-state index contributed by atoms with van der Waals surface area (Å²) in [7, 11) is 0. The van der Waals surface area contributed by atoms with Gasteiger partial charge in [0.25, 0.3) is 0 Å². The van der Waals surface area contributed by atoms with E-state index in [1.807, 2.05) is 12.1 Å². The molecule has 2 fully saturated rings. The van der Waals surface area contributed by atoms with Crippen molar-refractivity contribution in [2.45, 2.75) is 33.6 Å². The van der Waals surface area contributed by atoms with Gasteiger partial charge in [0, 0.05) is 0 Å². The molecule has 0 N–H and O–H groups in total. The van der Waals surface area contributed by atoms with Crippen LogP contribution in [0.15, 0.2) is 18.2 Å². The van der Waals surface area contributed by atoms with Gasteiger partial charge in [0.15, 0.2) is 0 Å². The topological polar surface area (TPSA) is 36.9 Å². The Balaban J connectivity index is 1.55. The van der Waals surface area contributed by atoms with Gasteiger partial charge in [-0.15, -0.1) is 0 Å². The van der Waals surface area contributed by atoms with E-state index < -0.39 is 0 Å². The second-order valence-corrected chi connectivity index (χ2v) is 7.20. The Kier molecular flexibility index (Phi) is 4.83. The zero-order valence-electron chi connectivity index (χ0n) is 14.5. The predicted octanol–water partition coefficient (Wildman–Crippen LogP) is 3.61. The van der Waals surface area contributed by atoms with E-state index in [9.17, 15) is 0 Å². The zero-order valence-corrected chi connectivity index (χ0v) is 14.5. The molecule has 0 saturated carbocycles. The summed E-state index contributed by atoms with van der Waals surface area (Å²) in [5.41, 5.74) is 1.53. The van der Waals surface area contributed by atoms with Crippen molar-refractivity contribution < 1.29 is 18.9 Å². The highest BCUT2D eigenvalue weighted by molar-refractivity contribution is 5.39. The van der Waals surface area contributed by atoms with E-state index in [1.54, 1.807) is 0 Å². The molecule has 3 rings (SSSR count). The van der Waals surface area contributed by atoms with E-state index >= 15 is 0 Å².